The summed E-state index contributed by atoms with van der Waals surface area (Å²) in [6, 6.07) is 12.3. The average Bonchev–Trinajstić information content (AvgIpc) is 3.21. The molecule has 1 aliphatic heterocycles. The van der Waals surface area contributed by atoms with Crippen molar-refractivity contribution in [3.8, 4) is 5.75 Å². The largest absolute Gasteiger partial charge is 0.492 e. The Morgan fingerprint density at radius 3 is 2.66 bits per heavy atom. The van der Waals surface area contributed by atoms with Gasteiger partial charge in [-0.25, -0.2) is 0 Å². The van der Waals surface area contributed by atoms with Crippen LogP contribution in [-0.2, 0) is 0 Å². The number of hydrazine groups is 1. The van der Waals surface area contributed by atoms with E-state index in [0.717, 1.165) is 58.8 Å². The molecule has 150 valence electrons. The van der Waals surface area contributed by atoms with E-state index < -0.39 is 0 Å². The fourth-order valence-corrected chi connectivity index (χ4v) is 3.45. The third-order valence-corrected chi connectivity index (χ3v) is 5.20. The van der Waals surface area contributed by atoms with Crippen LogP contribution in [0.3, 0.4) is 0 Å². The van der Waals surface area contributed by atoms with Crippen LogP contribution < -0.4 is 15.6 Å². The molecule has 0 saturated carbocycles. The van der Waals surface area contributed by atoms with Crippen LogP contribution in [0.2, 0.25) is 0 Å². The maximum atomic E-state index is 5.96. The van der Waals surface area contributed by atoms with Crippen LogP contribution in [0.1, 0.15) is 25.1 Å². The smallest absolute Gasteiger partial charge is 0.121 e. The number of likely N-dealkylation sites (N-methyl/N-ethyl adjacent to an activating group) is 1. The molecule has 0 saturated heterocycles. The summed E-state index contributed by atoms with van der Waals surface area (Å²) in [7, 11) is 0. The summed E-state index contributed by atoms with van der Waals surface area (Å²) in [6.45, 7) is 8.08. The molecular weight excluding hydrogens is 362 g/mol. The van der Waals surface area contributed by atoms with Crippen molar-refractivity contribution in [2.45, 2.75) is 13.8 Å². The van der Waals surface area contributed by atoms with E-state index in [0.29, 0.717) is 6.61 Å². The highest BCUT2D eigenvalue weighted by molar-refractivity contribution is 5.90. The molecule has 3 aromatic rings. The third-order valence-electron chi connectivity index (χ3n) is 5.20. The summed E-state index contributed by atoms with van der Waals surface area (Å²) >= 11 is 0. The van der Waals surface area contributed by atoms with E-state index in [1.165, 1.54) is 0 Å². The van der Waals surface area contributed by atoms with Crippen molar-refractivity contribution in [2.24, 2.45) is 0 Å². The molecule has 0 fully saturated rings. The summed E-state index contributed by atoms with van der Waals surface area (Å²) in [5.41, 5.74) is 11.6. The quantitative estimate of drug-likeness (QED) is 0.547. The predicted octanol–water partition coefficient (Wildman–Crippen LogP) is 3.77. The first-order valence-electron chi connectivity index (χ1n) is 10.1. The van der Waals surface area contributed by atoms with Gasteiger partial charge in [-0.3, -0.25) is 4.98 Å². The average molecular weight is 390 g/mol. The van der Waals surface area contributed by atoms with E-state index in [-0.39, 0.29) is 0 Å². The number of nitrogens with one attached hydrogen (secondary N) is 3. The van der Waals surface area contributed by atoms with Gasteiger partial charge in [0.25, 0.3) is 0 Å². The van der Waals surface area contributed by atoms with Crippen LogP contribution in [-0.4, -0.2) is 41.1 Å². The molecule has 0 amide bonds. The third kappa shape index (κ3) is 4.43. The van der Waals surface area contributed by atoms with Gasteiger partial charge < -0.3 is 25.5 Å². The molecule has 0 unspecified atom stereocenters. The minimum Gasteiger partial charge on any atom is -0.492 e. The zero-order chi connectivity index (χ0) is 20.1. The normalized spacial score (nSPS) is 13.6. The summed E-state index contributed by atoms with van der Waals surface area (Å²) in [5.74, 6) is 0.892. The molecule has 3 heterocycles. The summed E-state index contributed by atoms with van der Waals surface area (Å²) in [6.07, 6.45) is 7.66. The van der Waals surface area contributed by atoms with Crippen molar-refractivity contribution >= 4 is 22.2 Å². The van der Waals surface area contributed by atoms with Gasteiger partial charge in [0.05, 0.1) is 5.70 Å². The molecule has 29 heavy (non-hydrogen) atoms. The second-order valence-corrected chi connectivity index (χ2v) is 6.97. The Labute approximate surface area is 171 Å². The van der Waals surface area contributed by atoms with Crippen LogP contribution in [0.15, 0.2) is 61.1 Å². The number of benzene rings is 1. The highest BCUT2D eigenvalue weighted by atomic mass is 16.5. The molecule has 1 aliphatic rings. The second-order valence-electron chi connectivity index (χ2n) is 6.97. The number of H-pyrrole nitrogens is 1. The predicted molar refractivity (Wildman–Crippen MR) is 118 cm³/mol. The molecule has 6 heteroatoms. The summed E-state index contributed by atoms with van der Waals surface area (Å²) in [4.78, 5) is 9.96. The van der Waals surface area contributed by atoms with Gasteiger partial charge in [0, 0.05) is 58.9 Å². The van der Waals surface area contributed by atoms with E-state index in [1.54, 1.807) is 12.4 Å². The van der Waals surface area contributed by atoms with Crippen molar-refractivity contribution in [3.05, 3.63) is 72.3 Å². The zero-order valence-corrected chi connectivity index (χ0v) is 16.9. The summed E-state index contributed by atoms with van der Waals surface area (Å²) in [5, 5.41) is 1.16. The lowest BCUT2D eigenvalue weighted by molar-refractivity contribution is 0.223. The Hall–Kier alpha value is -3.25. The van der Waals surface area contributed by atoms with Gasteiger partial charge in [0.15, 0.2) is 0 Å². The van der Waals surface area contributed by atoms with Gasteiger partial charge in [-0.1, -0.05) is 13.8 Å². The molecule has 2 aromatic heterocycles. The first kappa shape index (κ1) is 19.1. The zero-order valence-electron chi connectivity index (χ0n) is 16.9. The number of nitrogens with zero attached hydrogens (tertiary/aromatic N) is 2. The van der Waals surface area contributed by atoms with Crippen LogP contribution in [0.25, 0.3) is 22.2 Å². The van der Waals surface area contributed by atoms with Gasteiger partial charge in [0.2, 0.25) is 0 Å². The van der Waals surface area contributed by atoms with Gasteiger partial charge in [-0.15, -0.1) is 0 Å². The fourth-order valence-electron chi connectivity index (χ4n) is 3.45. The number of ether oxygens (including phenoxy) is 1. The van der Waals surface area contributed by atoms with Gasteiger partial charge in [0.1, 0.15) is 12.4 Å². The maximum Gasteiger partial charge on any atom is 0.121 e. The first-order chi connectivity index (χ1) is 14.3. The van der Waals surface area contributed by atoms with Gasteiger partial charge >= 0.3 is 0 Å². The van der Waals surface area contributed by atoms with E-state index in [2.05, 4.69) is 63.8 Å². The Morgan fingerprint density at radius 1 is 1.03 bits per heavy atom. The number of aromatic amines is 1. The minimum atomic E-state index is 0.694. The molecule has 6 nitrogen and oxygen atoms in total. The van der Waals surface area contributed by atoms with Crippen molar-refractivity contribution in [2.75, 3.05) is 26.2 Å². The van der Waals surface area contributed by atoms with E-state index >= 15 is 0 Å². The van der Waals surface area contributed by atoms with Gasteiger partial charge in [-0.05, 0) is 49.5 Å². The Morgan fingerprint density at radius 2 is 1.86 bits per heavy atom. The van der Waals surface area contributed by atoms with Crippen LogP contribution in [0.4, 0.5) is 0 Å². The number of aromatic nitrogens is 2. The van der Waals surface area contributed by atoms with Crippen molar-refractivity contribution < 1.29 is 4.74 Å². The second kappa shape index (κ2) is 8.84. The molecule has 3 N–H and O–H groups in total. The number of fused-ring (bicyclic) bond motifs is 1. The lowest BCUT2D eigenvalue weighted by atomic mass is 10.1. The maximum absolute atomic E-state index is 5.96. The topological polar surface area (TPSA) is 65.2 Å². The Balaban J connectivity index is 1.50. The standard InChI is InChI=1S/C23H27N5O/c1-3-28(4-2)11-12-29-20-6-5-18-13-21(26-22(18)15-20)19-14-23(27-25-16-19)17-7-9-24-10-8-17/h5-10,13-16,25-27H,3-4,11-12H2,1-2H3. The molecule has 0 aliphatic carbocycles. The van der Waals surface area contributed by atoms with E-state index in [9.17, 15) is 0 Å². The van der Waals surface area contributed by atoms with Crippen molar-refractivity contribution in [3.63, 3.8) is 0 Å². The number of allylic oxidation sites excluding steroid dienone is 2. The van der Waals surface area contributed by atoms with Crippen LogP contribution >= 0.6 is 0 Å². The van der Waals surface area contributed by atoms with Crippen LogP contribution in [0, 0.1) is 0 Å². The molecule has 1 aromatic carbocycles. The Kier molecular flexibility index (Phi) is 5.81. The van der Waals surface area contributed by atoms with E-state index in [4.69, 9.17) is 4.74 Å². The number of hydrogen-bond acceptors (Lipinski definition) is 5. The SMILES string of the molecule is CCN(CC)CCOc1ccc2cc(C3=CNNC(c4ccncc4)=C3)[nH]c2c1. The fraction of sp³-hybridized carbons (Fsp3) is 0.261. The molecular formula is C23H27N5O. The highest BCUT2D eigenvalue weighted by Gasteiger charge is 2.11. The van der Waals surface area contributed by atoms with Crippen LogP contribution in [0.5, 0.6) is 5.75 Å². The highest BCUT2D eigenvalue weighted by Crippen LogP contribution is 2.27. The van der Waals surface area contributed by atoms with E-state index in [1.807, 2.05) is 24.4 Å². The van der Waals surface area contributed by atoms with Gasteiger partial charge in [-0.2, -0.15) is 0 Å². The monoisotopic (exact) mass is 389 g/mol. The Bertz CT molecular complexity index is 1020. The minimum absolute atomic E-state index is 0.694. The lowest BCUT2D eigenvalue weighted by Gasteiger charge is -2.18. The molecule has 0 atom stereocenters. The van der Waals surface area contributed by atoms with Crippen molar-refractivity contribution in [1.29, 1.82) is 0 Å². The molecule has 0 radical (unpaired) electrons. The summed E-state index contributed by atoms with van der Waals surface area (Å²) < 4.78 is 5.96. The molecule has 0 spiro atoms. The number of rotatable bonds is 8. The first-order valence-corrected chi connectivity index (χ1v) is 10.1. The van der Waals surface area contributed by atoms with Crippen molar-refractivity contribution in [1.82, 2.24) is 25.7 Å². The lowest BCUT2D eigenvalue weighted by Crippen LogP contribution is -2.28. The number of pyridine rings is 1. The molecule has 0 bridgehead atoms. The molecule has 4 rings (SSSR count). The number of hydrogen-bond donors (Lipinski definition) is 3.